The number of allylic oxidation sites excluding steroid dienone is 5. The Morgan fingerprint density at radius 3 is 2.46 bits per heavy atom. The Morgan fingerprint density at radius 2 is 1.72 bits per heavy atom. The minimum absolute atomic E-state index is 0.00575. The van der Waals surface area contributed by atoms with Crippen LogP contribution in [-0.4, -0.2) is 94.2 Å². The number of nitrogens with zero attached hydrogens (tertiary/aromatic N) is 1. The number of ether oxygens (including phenoxy) is 2. The van der Waals surface area contributed by atoms with Gasteiger partial charge in [0.2, 0.25) is 0 Å². The Hall–Kier alpha value is -3.60. The summed E-state index contributed by atoms with van der Waals surface area (Å²) >= 11 is 0. The molecule has 0 aromatic heterocycles. The molecule has 0 aromatic rings. The second kappa shape index (κ2) is 20.8. The van der Waals surface area contributed by atoms with E-state index in [0.29, 0.717) is 61.4 Å². The predicted molar refractivity (Wildman–Crippen MR) is 277 cm³/mol. The first-order valence-corrected chi connectivity index (χ1v) is 30.1. The number of fused-ring (bicyclic) bond motifs is 2. The number of hydrogen-bond acceptors (Lipinski definition) is 14. The van der Waals surface area contributed by atoms with Crippen molar-refractivity contribution in [2.45, 2.75) is 141 Å². The van der Waals surface area contributed by atoms with E-state index >= 15 is 9.59 Å². The molecule has 12 rings (SSSR count). The topological polar surface area (TPSA) is 187 Å². The molecule has 5 aliphatic heterocycles. The standard InChI is InChI=1S/C57H76N4O9S2/c1-3-56(20-4-5-21-56)42-14-12-37-26-40-39-18-22-57(50(40)49-47(37)52(42)70-54(49)67)43-15-13-38(35-10-8-33(9-11-35)25-34(30-63)7-6-24-62)53(59-28-32(2)64)72-71-31-60-44-27-36(19-23-58-44)41(48(39)51(57)55(68)69-43)29-61-45(65)16-17-46(61)66/h15-17,19,27,32-35,37-41,50,53,58-60,62-64H,3-14,18,20-26,28-31H2,1-2H3. The van der Waals surface area contributed by atoms with Crippen LogP contribution < -0.4 is 16.0 Å². The highest BCUT2D eigenvalue weighted by Gasteiger charge is 2.70. The zero-order valence-corrected chi connectivity index (χ0v) is 43.9. The van der Waals surface area contributed by atoms with Crippen LogP contribution in [-0.2, 0) is 28.7 Å². The third-order valence-electron chi connectivity index (χ3n) is 19.7. The molecule has 7 bridgehead atoms. The molecule has 1 saturated heterocycles. The molecule has 6 N–H and O–H groups in total. The Kier molecular flexibility index (Phi) is 14.6. The highest BCUT2D eigenvalue weighted by Crippen LogP contribution is 2.73. The molecule has 15 heteroatoms. The van der Waals surface area contributed by atoms with Gasteiger partial charge in [-0.3, -0.25) is 14.5 Å². The van der Waals surface area contributed by atoms with Gasteiger partial charge in [0.05, 0.1) is 34.2 Å². The van der Waals surface area contributed by atoms with E-state index in [-0.39, 0.29) is 89.8 Å². The summed E-state index contributed by atoms with van der Waals surface area (Å²) in [6.07, 6.45) is 25.6. The van der Waals surface area contributed by atoms with Gasteiger partial charge in [-0.25, -0.2) is 9.59 Å². The number of dihydropyridines is 1. The summed E-state index contributed by atoms with van der Waals surface area (Å²) in [6.45, 7) is 5.42. The fourth-order valence-electron chi connectivity index (χ4n) is 16.4. The summed E-state index contributed by atoms with van der Waals surface area (Å²) in [7, 11) is 3.50. The molecule has 5 heterocycles. The molecule has 72 heavy (non-hydrogen) atoms. The van der Waals surface area contributed by atoms with E-state index in [9.17, 15) is 24.9 Å². The molecular weight excluding hydrogens is 949 g/mol. The zero-order valence-electron chi connectivity index (χ0n) is 42.3. The van der Waals surface area contributed by atoms with Gasteiger partial charge in [-0.15, -0.1) is 0 Å². The molecule has 4 fully saturated rings. The number of aliphatic hydroxyl groups is 3. The summed E-state index contributed by atoms with van der Waals surface area (Å²) in [5.41, 5.74) is 4.83. The van der Waals surface area contributed by atoms with Crippen molar-refractivity contribution in [3.63, 3.8) is 0 Å². The van der Waals surface area contributed by atoms with Gasteiger partial charge in [0.25, 0.3) is 11.8 Å². The number of nitrogens with one attached hydrogen (secondary N) is 3. The Morgan fingerprint density at radius 1 is 0.931 bits per heavy atom. The number of aliphatic hydroxyl groups excluding tert-OH is 3. The number of esters is 2. The van der Waals surface area contributed by atoms with Gasteiger partial charge in [0, 0.05) is 68.0 Å². The molecule has 10 atom stereocenters. The van der Waals surface area contributed by atoms with E-state index in [2.05, 4.69) is 41.1 Å². The van der Waals surface area contributed by atoms with E-state index in [1.54, 1.807) is 21.6 Å². The molecule has 2 amide bonds. The van der Waals surface area contributed by atoms with Gasteiger partial charge in [-0.2, -0.15) is 0 Å². The average molecular weight is 1030 g/mol. The zero-order chi connectivity index (χ0) is 49.9. The summed E-state index contributed by atoms with van der Waals surface area (Å²) in [6, 6.07) is 0. The van der Waals surface area contributed by atoms with Crippen molar-refractivity contribution in [2.75, 3.05) is 38.7 Å². The molecule has 0 aromatic carbocycles. The van der Waals surface area contributed by atoms with Gasteiger partial charge < -0.3 is 40.7 Å². The third kappa shape index (κ3) is 8.82. The fraction of sp³-hybridized carbons (Fsp3) is 0.684. The van der Waals surface area contributed by atoms with E-state index in [4.69, 9.17) is 9.47 Å². The smallest absolute Gasteiger partial charge is 0.340 e. The van der Waals surface area contributed by atoms with E-state index in [1.165, 1.54) is 35.5 Å². The average Bonchev–Trinajstić information content (AvgIpc) is 4.17. The lowest BCUT2D eigenvalue weighted by molar-refractivity contribution is -0.138. The van der Waals surface area contributed by atoms with Crippen molar-refractivity contribution in [3.05, 3.63) is 81.2 Å². The first-order valence-electron chi connectivity index (χ1n) is 27.7. The van der Waals surface area contributed by atoms with Crippen molar-refractivity contribution in [2.24, 2.45) is 64.1 Å². The lowest BCUT2D eigenvalue weighted by Crippen LogP contribution is -2.55. The third-order valence-corrected chi connectivity index (χ3v) is 22.2. The second-order valence-corrected chi connectivity index (χ2v) is 25.8. The fourth-order valence-corrected chi connectivity index (χ4v) is 18.9. The largest absolute Gasteiger partial charge is 0.427 e. The Balaban J connectivity index is 1.06. The van der Waals surface area contributed by atoms with E-state index < -0.39 is 17.4 Å². The van der Waals surface area contributed by atoms with Crippen molar-refractivity contribution in [1.82, 2.24) is 20.9 Å². The molecule has 0 radical (unpaired) electrons. The van der Waals surface area contributed by atoms with Gasteiger partial charge in [-0.1, -0.05) is 60.3 Å². The number of carbonyl (C=O) groups excluding carboxylic acids is 4. The minimum atomic E-state index is -0.952. The second-order valence-electron chi connectivity index (χ2n) is 23.2. The van der Waals surface area contributed by atoms with Crippen LogP contribution in [0.2, 0.25) is 0 Å². The van der Waals surface area contributed by atoms with Gasteiger partial charge in [0.1, 0.15) is 11.5 Å². The Bertz CT molecular complexity index is 2410. The number of hydrogen-bond donors (Lipinski definition) is 6. The van der Waals surface area contributed by atoms with E-state index in [1.807, 2.05) is 6.92 Å². The first-order chi connectivity index (χ1) is 35.0. The summed E-state index contributed by atoms with van der Waals surface area (Å²) in [5.74, 6) is 1.92. The quantitative estimate of drug-likeness (QED) is 0.0559. The summed E-state index contributed by atoms with van der Waals surface area (Å²) in [4.78, 5) is 58.9. The van der Waals surface area contributed by atoms with Crippen LogP contribution in [0.25, 0.3) is 0 Å². The van der Waals surface area contributed by atoms with Crippen molar-refractivity contribution in [1.29, 1.82) is 0 Å². The van der Waals surface area contributed by atoms with E-state index in [0.717, 1.165) is 117 Å². The number of rotatable bonds is 14. The lowest BCUT2D eigenvalue weighted by Gasteiger charge is -2.58. The molecule has 390 valence electrons. The van der Waals surface area contributed by atoms with Gasteiger partial charge >= 0.3 is 11.9 Å². The van der Waals surface area contributed by atoms with Crippen LogP contribution >= 0.6 is 21.6 Å². The minimum Gasteiger partial charge on any atom is -0.427 e. The maximum absolute atomic E-state index is 15.4. The van der Waals surface area contributed by atoms with Crippen molar-refractivity contribution < 1.29 is 44.0 Å². The van der Waals surface area contributed by atoms with Crippen molar-refractivity contribution >= 4 is 45.3 Å². The number of amides is 2. The van der Waals surface area contributed by atoms with Gasteiger partial charge in [0.15, 0.2) is 0 Å². The maximum Gasteiger partial charge on any atom is 0.340 e. The summed E-state index contributed by atoms with van der Waals surface area (Å²) in [5, 5.41) is 41.4. The molecule has 13 nitrogen and oxygen atoms in total. The van der Waals surface area contributed by atoms with Crippen LogP contribution in [0.4, 0.5) is 0 Å². The molecule has 3 saturated carbocycles. The van der Waals surface area contributed by atoms with Crippen LogP contribution in [0.1, 0.15) is 129 Å². The molecule has 10 unspecified atom stereocenters. The normalized spacial score (nSPS) is 35.8. The number of carbonyl (C=O) groups is 4. The van der Waals surface area contributed by atoms with Gasteiger partial charge in [-0.05, 0) is 173 Å². The van der Waals surface area contributed by atoms with Crippen LogP contribution in [0.3, 0.4) is 0 Å². The molecule has 1 spiro atoms. The molecule has 12 aliphatic rings. The Labute approximate surface area is 433 Å². The number of imide groups is 1. The lowest BCUT2D eigenvalue weighted by atomic mass is 9.42. The predicted octanol–water partition coefficient (Wildman–Crippen LogP) is 7.99. The van der Waals surface area contributed by atoms with Crippen LogP contribution in [0.15, 0.2) is 81.2 Å². The maximum atomic E-state index is 15.4. The molecular formula is C57H76N4O9S2. The highest BCUT2D eigenvalue weighted by molar-refractivity contribution is 8.76. The first kappa shape index (κ1) is 50.6. The highest BCUT2D eigenvalue weighted by atomic mass is 33.1. The van der Waals surface area contributed by atoms with Crippen molar-refractivity contribution in [3.8, 4) is 0 Å². The summed E-state index contributed by atoms with van der Waals surface area (Å²) < 4.78 is 13.5. The SMILES string of the molecule is CCC1(C2=C3OC(=O)C4=C3C(CC2)CC2C3CCC5(C6=CCC(C7CCC(CC(CO)CCCO)CC7)C(NCC(C)O)SSCNC7=CC(=CCN7)C(CN7C(=O)C=CC7=O)C3=C5C(=O)O6)C42)CCCC1. The van der Waals surface area contributed by atoms with Crippen LogP contribution in [0.5, 0.6) is 0 Å². The molecule has 7 aliphatic carbocycles. The van der Waals surface area contributed by atoms with Crippen LogP contribution in [0, 0.1) is 64.1 Å². The monoisotopic (exact) mass is 1020 g/mol.